The Kier molecular flexibility index (Phi) is 7.71. The Morgan fingerprint density at radius 2 is 1.89 bits per heavy atom. The summed E-state index contributed by atoms with van der Waals surface area (Å²) in [5.74, 6) is 0.164. The minimum Gasteiger partial charge on any atom is -0.497 e. The summed E-state index contributed by atoms with van der Waals surface area (Å²) in [5.41, 5.74) is 0.321. The van der Waals surface area contributed by atoms with E-state index < -0.39 is 10.0 Å². The lowest BCUT2D eigenvalue weighted by Crippen LogP contribution is -2.43. The van der Waals surface area contributed by atoms with E-state index in [2.05, 4.69) is 5.32 Å². The van der Waals surface area contributed by atoms with Crippen LogP contribution >= 0.6 is 11.6 Å². The molecular formula is C20H25ClN2O4S. The quantitative estimate of drug-likeness (QED) is 0.663. The van der Waals surface area contributed by atoms with Gasteiger partial charge in [0.1, 0.15) is 12.3 Å². The second-order valence-corrected chi connectivity index (χ2v) is 8.72. The number of halogens is 1. The molecule has 0 unspecified atom stereocenters. The standard InChI is InChI=1S/C20H25ClN2O4S/c1-4-6-15(2)22-20(24)14-23(17-8-5-7-16(21)13-17)28(25,26)19-11-9-18(27-3)10-12-19/h5,7-13,15H,4,6,14H2,1-3H3,(H,22,24)/t15-/m0/s1. The molecule has 0 heterocycles. The molecule has 2 aromatic rings. The number of nitrogens with zero attached hydrogens (tertiary/aromatic N) is 1. The van der Waals surface area contributed by atoms with E-state index >= 15 is 0 Å². The largest absolute Gasteiger partial charge is 0.497 e. The average Bonchev–Trinajstić information content (AvgIpc) is 2.66. The molecule has 2 rings (SSSR count). The number of carbonyl (C=O) groups excluding carboxylic acids is 1. The first-order valence-electron chi connectivity index (χ1n) is 8.99. The first-order valence-corrected chi connectivity index (χ1v) is 10.8. The van der Waals surface area contributed by atoms with Crippen molar-refractivity contribution in [3.8, 4) is 5.75 Å². The van der Waals surface area contributed by atoms with E-state index in [4.69, 9.17) is 16.3 Å². The van der Waals surface area contributed by atoms with Crippen molar-refractivity contribution in [3.63, 3.8) is 0 Å². The summed E-state index contributed by atoms with van der Waals surface area (Å²) < 4.78 is 32.7. The molecule has 8 heteroatoms. The molecular weight excluding hydrogens is 400 g/mol. The average molecular weight is 425 g/mol. The minimum atomic E-state index is -3.98. The Labute approximate surface area is 171 Å². The fourth-order valence-corrected chi connectivity index (χ4v) is 4.37. The van der Waals surface area contributed by atoms with Crippen LogP contribution in [0.15, 0.2) is 53.4 Å². The number of nitrogens with one attached hydrogen (secondary N) is 1. The van der Waals surface area contributed by atoms with E-state index in [9.17, 15) is 13.2 Å². The zero-order valence-electron chi connectivity index (χ0n) is 16.2. The van der Waals surface area contributed by atoms with E-state index in [-0.39, 0.29) is 23.4 Å². The van der Waals surface area contributed by atoms with Crippen LogP contribution in [0.1, 0.15) is 26.7 Å². The van der Waals surface area contributed by atoms with Gasteiger partial charge in [-0.05, 0) is 55.8 Å². The summed E-state index contributed by atoms with van der Waals surface area (Å²) in [6, 6.07) is 12.4. The van der Waals surface area contributed by atoms with Crippen molar-refractivity contribution >= 4 is 33.2 Å². The van der Waals surface area contributed by atoms with Gasteiger partial charge in [0.25, 0.3) is 10.0 Å². The van der Waals surface area contributed by atoms with Crippen LogP contribution in [0.4, 0.5) is 5.69 Å². The number of hydrogen-bond acceptors (Lipinski definition) is 4. The number of rotatable bonds is 9. The lowest BCUT2D eigenvalue weighted by molar-refractivity contribution is -0.120. The van der Waals surface area contributed by atoms with E-state index in [0.717, 1.165) is 17.1 Å². The second-order valence-electron chi connectivity index (χ2n) is 6.42. The molecule has 0 aliphatic rings. The topological polar surface area (TPSA) is 75.7 Å². The van der Waals surface area contributed by atoms with Crippen molar-refractivity contribution in [2.45, 2.75) is 37.6 Å². The van der Waals surface area contributed by atoms with Gasteiger partial charge in [0.2, 0.25) is 5.91 Å². The van der Waals surface area contributed by atoms with Gasteiger partial charge in [0, 0.05) is 11.1 Å². The molecule has 0 bridgehead atoms. The third-order valence-electron chi connectivity index (χ3n) is 4.16. The summed E-state index contributed by atoms with van der Waals surface area (Å²) in [6.45, 7) is 3.57. The molecule has 0 spiro atoms. The van der Waals surface area contributed by atoms with E-state index in [1.54, 1.807) is 30.3 Å². The predicted molar refractivity (Wildman–Crippen MR) is 111 cm³/mol. The number of methoxy groups -OCH3 is 1. The van der Waals surface area contributed by atoms with Crippen molar-refractivity contribution < 1.29 is 17.9 Å². The number of sulfonamides is 1. The summed E-state index contributed by atoms with van der Waals surface area (Å²) >= 11 is 6.05. The van der Waals surface area contributed by atoms with Gasteiger partial charge in [0.05, 0.1) is 17.7 Å². The number of hydrogen-bond donors (Lipinski definition) is 1. The maximum Gasteiger partial charge on any atom is 0.264 e. The van der Waals surface area contributed by atoms with Crippen molar-refractivity contribution in [1.82, 2.24) is 5.32 Å². The van der Waals surface area contributed by atoms with Crippen LogP contribution in [0.3, 0.4) is 0 Å². The van der Waals surface area contributed by atoms with Gasteiger partial charge in [-0.2, -0.15) is 0 Å². The molecule has 152 valence electrons. The lowest BCUT2D eigenvalue weighted by Gasteiger charge is -2.25. The lowest BCUT2D eigenvalue weighted by atomic mass is 10.2. The molecule has 0 saturated heterocycles. The number of amides is 1. The normalized spacial score (nSPS) is 12.3. The minimum absolute atomic E-state index is 0.0394. The predicted octanol–water partition coefficient (Wildman–Crippen LogP) is 3.85. The molecule has 1 N–H and O–H groups in total. The van der Waals surface area contributed by atoms with Gasteiger partial charge in [-0.1, -0.05) is 31.0 Å². The molecule has 0 saturated carbocycles. The zero-order chi connectivity index (χ0) is 20.7. The second kappa shape index (κ2) is 9.80. The maximum atomic E-state index is 13.3. The molecule has 6 nitrogen and oxygen atoms in total. The van der Waals surface area contributed by atoms with Crippen LogP contribution in [0.5, 0.6) is 5.75 Å². The number of benzene rings is 2. The smallest absolute Gasteiger partial charge is 0.264 e. The molecule has 0 fully saturated rings. The summed E-state index contributed by atoms with van der Waals surface area (Å²) in [4.78, 5) is 12.6. The first-order chi connectivity index (χ1) is 13.3. The number of ether oxygens (including phenoxy) is 1. The Hall–Kier alpha value is -2.25. The maximum absolute atomic E-state index is 13.3. The SMILES string of the molecule is CCC[C@H](C)NC(=O)CN(c1cccc(Cl)c1)S(=O)(=O)c1ccc(OC)cc1. The molecule has 28 heavy (non-hydrogen) atoms. The van der Waals surface area contributed by atoms with Crippen molar-refractivity contribution in [2.24, 2.45) is 0 Å². The van der Waals surface area contributed by atoms with Crippen LogP contribution in [-0.2, 0) is 14.8 Å². The molecule has 1 amide bonds. The summed E-state index contributed by atoms with van der Waals surface area (Å²) in [7, 11) is -2.48. The summed E-state index contributed by atoms with van der Waals surface area (Å²) in [5, 5.41) is 3.22. The number of carbonyl (C=O) groups is 1. The van der Waals surface area contributed by atoms with Crippen LogP contribution in [0.25, 0.3) is 0 Å². The van der Waals surface area contributed by atoms with Gasteiger partial charge >= 0.3 is 0 Å². The van der Waals surface area contributed by atoms with Crippen molar-refractivity contribution in [2.75, 3.05) is 18.0 Å². The molecule has 0 aliphatic carbocycles. The van der Waals surface area contributed by atoms with E-state index in [1.165, 1.54) is 25.3 Å². The van der Waals surface area contributed by atoms with Crippen molar-refractivity contribution in [1.29, 1.82) is 0 Å². The van der Waals surface area contributed by atoms with Crippen LogP contribution < -0.4 is 14.4 Å². The summed E-state index contributed by atoms with van der Waals surface area (Å²) in [6.07, 6.45) is 1.73. The Morgan fingerprint density at radius 3 is 2.46 bits per heavy atom. The monoisotopic (exact) mass is 424 g/mol. The Morgan fingerprint density at radius 1 is 1.21 bits per heavy atom. The van der Waals surface area contributed by atoms with Crippen LogP contribution in [0.2, 0.25) is 5.02 Å². The van der Waals surface area contributed by atoms with Gasteiger partial charge in [-0.15, -0.1) is 0 Å². The van der Waals surface area contributed by atoms with Gasteiger partial charge in [-0.3, -0.25) is 9.10 Å². The highest BCUT2D eigenvalue weighted by atomic mass is 35.5. The van der Waals surface area contributed by atoms with E-state index in [1.807, 2.05) is 13.8 Å². The molecule has 0 radical (unpaired) electrons. The highest BCUT2D eigenvalue weighted by Gasteiger charge is 2.27. The van der Waals surface area contributed by atoms with Gasteiger partial charge in [-0.25, -0.2) is 8.42 Å². The molecule has 0 aromatic heterocycles. The van der Waals surface area contributed by atoms with Crippen LogP contribution in [-0.4, -0.2) is 34.0 Å². The highest BCUT2D eigenvalue weighted by molar-refractivity contribution is 7.92. The Balaban J connectivity index is 2.38. The Bertz CT molecular complexity index is 901. The van der Waals surface area contributed by atoms with Gasteiger partial charge < -0.3 is 10.1 Å². The number of anilines is 1. The van der Waals surface area contributed by atoms with Gasteiger partial charge in [0.15, 0.2) is 0 Å². The fourth-order valence-electron chi connectivity index (χ4n) is 2.78. The fraction of sp³-hybridized carbons (Fsp3) is 0.350. The zero-order valence-corrected chi connectivity index (χ0v) is 17.8. The highest BCUT2D eigenvalue weighted by Crippen LogP contribution is 2.27. The third kappa shape index (κ3) is 5.62. The van der Waals surface area contributed by atoms with E-state index in [0.29, 0.717) is 16.5 Å². The van der Waals surface area contributed by atoms with Crippen LogP contribution in [0, 0.1) is 0 Å². The first kappa shape index (κ1) is 22.0. The third-order valence-corrected chi connectivity index (χ3v) is 6.18. The molecule has 2 aromatic carbocycles. The molecule has 0 aliphatic heterocycles. The molecule has 1 atom stereocenters. The van der Waals surface area contributed by atoms with Crippen molar-refractivity contribution in [3.05, 3.63) is 53.6 Å².